The molecule has 0 heterocycles. The number of halogens is 2. The van der Waals surface area contributed by atoms with Crippen LogP contribution >= 0.6 is 11.6 Å². The van der Waals surface area contributed by atoms with E-state index in [1.807, 2.05) is 0 Å². The van der Waals surface area contributed by atoms with Crippen molar-refractivity contribution in [2.45, 2.75) is 5.38 Å². The molecule has 0 saturated carbocycles. The number of carboxylic acid groups (broad SMARTS) is 1. The van der Waals surface area contributed by atoms with Crippen molar-refractivity contribution in [1.29, 1.82) is 0 Å². The van der Waals surface area contributed by atoms with Crippen molar-refractivity contribution in [1.82, 2.24) is 0 Å². The van der Waals surface area contributed by atoms with Gasteiger partial charge in [-0.2, -0.15) is 0 Å². The molecule has 0 aliphatic heterocycles. The zero-order valence-corrected chi connectivity index (χ0v) is 5.06. The SMILES string of the molecule is O=C(O)C(Cl)C(=O)CF. The summed E-state index contributed by atoms with van der Waals surface area (Å²) in [6.07, 6.45) is 0. The molecule has 52 valence electrons. The maximum absolute atomic E-state index is 11.3. The van der Waals surface area contributed by atoms with E-state index >= 15 is 0 Å². The Bertz CT molecular complexity index is 136. The standard InChI is InChI=1S/C4H4ClFO3/c5-3(4(8)9)2(7)1-6/h3H,1H2,(H,8,9). The summed E-state index contributed by atoms with van der Waals surface area (Å²) in [6.45, 7) is -1.33. The topological polar surface area (TPSA) is 54.4 Å². The van der Waals surface area contributed by atoms with Gasteiger partial charge < -0.3 is 5.11 Å². The van der Waals surface area contributed by atoms with Crippen molar-refractivity contribution in [3.63, 3.8) is 0 Å². The van der Waals surface area contributed by atoms with E-state index < -0.39 is 23.8 Å². The minimum Gasteiger partial charge on any atom is -0.480 e. The third kappa shape index (κ3) is 2.41. The van der Waals surface area contributed by atoms with Crippen LogP contribution < -0.4 is 0 Å². The summed E-state index contributed by atoms with van der Waals surface area (Å²) in [7, 11) is 0. The Kier molecular flexibility index (Phi) is 3.16. The molecular formula is C4H4ClFO3. The summed E-state index contributed by atoms with van der Waals surface area (Å²) in [5.41, 5.74) is 0. The number of ketones is 1. The first kappa shape index (κ1) is 8.36. The molecule has 0 aromatic heterocycles. The van der Waals surface area contributed by atoms with Gasteiger partial charge in [-0.25, -0.2) is 4.39 Å². The van der Waals surface area contributed by atoms with Crippen LogP contribution in [0.2, 0.25) is 0 Å². The third-order valence-corrected chi connectivity index (χ3v) is 1.06. The van der Waals surface area contributed by atoms with Crippen molar-refractivity contribution in [3.8, 4) is 0 Å². The van der Waals surface area contributed by atoms with Gasteiger partial charge in [0.15, 0.2) is 11.2 Å². The predicted octanol–water partition coefficient (Wildman–Crippen LogP) is 0.217. The molecule has 0 aliphatic carbocycles. The van der Waals surface area contributed by atoms with Gasteiger partial charge in [-0.05, 0) is 0 Å². The summed E-state index contributed by atoms with van der Waals surface area (Å²) in [5.74, 6) is -2.64. The highest BCUT2D eigenvalue weighted by molar-refractivity contribution is 6.40. The van der Waals surface area contributed by atoms with Crippen LogP contribution in [0.3, 0.4) is 0 Å². The average Bonchev–Trinajstić information content (AvgIpc) is 1.84. The van der Waals surface area contributed by atoms with Gasteiger partial charge in [-0.1, -0.05) is 0 Å². The predicted molar refractivity (Wildman–Crippen MR) is 28.3 cm³/mol. The zero-order chi connectivity index (χ0) is 7.44. The van der Waals surface area contributed by atoms with Crippen LogP contribution in [0.4, 0.5) is 4.39 Å². The number of alkyl halides is 2. The second-order valence-electron chi connectivity index (χ2n) is 1.30. The fraction of sp³-hybridized carbons (Fsp3) is 0.500. The highest BCUT2D eigenvalue weighted by atomic mass is 35.5. The number of carboxylic acids is 1. The largest absolute Gasteiger partial charge is 0.480 e. The lowest BCUT2D eigenvalue weighted by Crippen LogP contribution is -2.25. The van der Waals surface area contributed by atoms with Crippen LogP contribution in [-0.2, 0) is 9.59 Å². The maximum atomic E-state index is 11.3. The number of hydrogen-bond acceptors (Lipinski definition) is 2. The summed E-state index contributed by atoms with van der Waals surface area (Å²) in [4.78, 5) is 19.8. The van der Waals surface area contributed by atoms with Crippen molar-refractivity contribution in [2.75, 3.05) is 6.67 Å². The van der Waals surface area contributed by atoms with E-state index in [9.17, 15) is 14.0 Å². The Labute approximate surface area is 55.4 Å². The average molecular weight is 155 g/mol. The normalized spacial score (nSPS) is 12.7. The minimum atomic E-state index is -1.74. The third-order valence-electron chi connectivity index (χ3n) is 0.631. The number of aliphatic carboxylic acids is 1. The molecule has 0 saturated heterocycles. The number of Topliss-reactive ketones (excluding diaryl/α,β-unsaturated/α-hetero) is 1. The second kappa shape index (κ2) is 3.40. The van der Waals surface area contributed by atoms with Crippen LogP contribution in [0.25, 0.3) is 0 Å². The lowest BCUT2D eigenvalue weighted by molar-refractivity contribution is -0.139. The number of rotatable bonds is 3. The second-order valence-corrected chi connectivity index (χ2v) is 1.74. The summed E-state index contributed by atoms with van der Waals surface area (Å²) >= 11 is 4.88. The van der Waals surface area contributed by atoms with Gasteiger partial charge in [0, 0.05) is 0 Å². The van der Waals surface area contributed by atoms with E-state index in [1.54, 1.807) is 0 Å². The molecule has 0 spiro atoms. The van der Waals surface area contributed by atoms with E-state index in [0.29, 0.717) is 0 Å². The van der Waals surface area contributed by atoms with E-state index in [-0.39, 0.29) is 0 Å². The van der Waals surface area contributed by atoms with Gasteiger partial charge in [0.2, 0.25) is 0 Å². The van der Waals surface area contributed by atoms with Gasteiger partial charge in [-0.15, -0.1) is 11.6 Å². The smallest absolute Gasteiger partial charge is 0.329 e. The first-order chi connectivity index (χ1) is 4.09. The van der Waals surface area contributed by atoms with E-state index in [0.717, 1.165) is 0 Å². The monoisotopic (exact) mass is 154 g/mol. The Balaban J connectivity index is 3.88. The molecule has 0 amide bonds. The number of hydrogen-bond donors (Lipinski definition) is 1. The molecule has 0 bridgehead atoms. The van der Waals surface area contributed by atoms with E-state index in [1.165, 1.54) is 0 Å². The zero-order valence-electron chi connectivity index (χ0n) is 4.30. The molecule has 9 heavy (non-hydrogen) atoms. The highest BCUT2D eigenvalue weighted by Gasteiger charge is 2.22. The molecule has 1 atom stereocenters. The van der Waals surface area contributed by atoms with Crippen LogP contribution in [0.15, 0.2) is 0 Å². The lowest BCUT2D eigenvalue weighted by atomic mass is 10.3. The Morgan fingerprint density at radius 1 is 1.67 bits per heavy atom. The van der Waals surface area contributed by atoms with Crippen LogP contribution in [0.1, 0.15) is 0 Å². The van der Waals surface area contributed by atoms with Gasteiger partial charge in [0.1, 0.15) is 6.67 Å². The van der Waals surface area contributed by atoms with Crippen molar-refractivity contribution >= 4 is 23.4 Å². The summed E-state index contributed by atoms with van der Waals surface area (Å²) < 4.78 is 11.3. The molecular weight excluding hydrogens is 150 g/mol. The Morgan fingerprint density at radius 3 is 2.22 bits per heavy atom. The molecule has 0 rings (SSSR count). The van der Waals surface area contributed by atoms with E-state index in [4.69, 9.17) is 16.7 Å². The quantitative estimate of drug-likeness (QED) is 0.467. The number of carbonyl (C=O) groups excluding carboxylic acids is 1. The van der Waals surface area contributed by atoms with Crippen molar-refractivity contribution < 1.29 is 19.1 Å². The first-order valence-corrected chi connectivity index (χ1v) is 2.48. The van der Waals surface area contributed by atoms with Gasteiger partial charge >= 0.3 is 5.97 Å². The highest BCUT2D eigenvalue weighted by Crippen LogP contribution is 1.97. The molecule has 3 nitrogen and oxygen atoms in total. The van der Waals surface area contributed by atoms with Crippen molar-refractivity contribution in [3.05, 3.63) is 0 Å². The van der Waals surface area contributed by atoms with Crippen LogP contribution in [-0.4, -0.2) is 28.9 Å². The van der Waals surface area contributed by atoms with Crippen molar-refractivity contribution in [2.24, 2.45) is 0 Å². The molecule has 5 heteroatoms. The Morgan fingerprint density at radius 2 is 2.11 bits per heavy atom. The molecule has 0 fully saturated rings. The first-order valence-electron chi connectivity index (χ1n) is 2.05. The lowest BCUT2D eigenvalue weighted by Gasteiger charge is -1.95. The molecule has 1 N–H and O–H groups in total. The van der Waals surface area contributed by atoms with Gasteiger partial charge in [-0.3, -0.25) is 9.59 Å². The fourth-order valence-corrected chi connectivity index (χ4v) is 0.264. The molecule has 0 aliphatic rings. The van der Waals surface area contributed by atoms with Crippen LogP contribution in [0.5, 0.6) is 0 Å². The fourth-order valence-electron chi connectivity index (χ4n) is 0.205. The molecule has 0 aromatic rings. The minimum absolute atomic E-state index is 1.12. The molecule has 1 unspecified atom stereocenters. The van der Waals surface area contributed by atoms with Gasteiger partial charge in [0.25, 0.3) is 0 Å². The summed E-state index contributed by atoms with van der Waals surface area (Å²) in [5, 5.41) is 6.22. The van der Waals surface area contributed by atoms with E-state index in [2.05, 4.69) is 0 Å². The summed E-state index contributed by atoms with van der Waals surface area (Å²) in [6, 6.07) is 0. The van der Waals surface area contributed by atoms with Gasteiger partial charge in [0.05, 0.1) is 0 Å². The Hall–Kier alpha value is -0.640. The number of carbonyl (C=O) groups is 2. The maximum Gasteiger partial charge on any atom is 0.329 e. The van der Waals surface area contributed by atoms with Crippen LogP contribution in [0, 0.1) is 0 Å². The molecule has 0 aromatic carbocycles. The molecule has 0 radical (unpaired) electrons.